The largest absolute Gasteiger partial charge is 0.369 e. The summed E-state index contributed by atoms with van der Waals surface area (Å²) in [4.78, 5) is 13.9. The lowest BCUT2D eigenvalue weighted by Gasteiger charge is -2.40. The summed E-state index contributed by atoms with van der Waals surface area (Å²) in [5, 5.41) is 6.95. The van der Waals surface area contributed by atoms with E-state index in [2.05, 4.69) is 10.2 Å². The van der Waals surface area contributed by atoms with Crippen LogP contribution in [0.1, 0.15) is 54.5 Å². The first-order valence-corrected chi connectivity index (χ1v) is 7.16. The number of fused-ring (bicyclic) bond motifs is 1. The number of halogens is 2. The van der Waals surface area contributed by atoms with Crippen molar-refractivity contribution in [2.24, 2.45) is 0 Å². The van der Waals surface area contributed by atoms with Crippen LogP contribution in [0.5, 0.6) is 0 Å². The number of aromatic amines is 1. The quantitative estimate of drug-likeness (QED) is 0.911. The van der Waals surface area contributed by atoms with E-state index in [4.69, 9.17) is 4.74 Å². The molecule has 2 aliphatic rings. The van der Waals surface area contributed by atoms with E-state index in [-0.39, 0.29) is 31.0 Å². The van der Waals surface area contributed by atoms with Crippen molar-refractivity contribution in [2.45, 2.75) is 57.3 Å². The maximum atomic E-state index is 13.0. The summed E-state index contributed by atoms with van der Waals surface area (Å²) in [7, 11) is 1.56. The van der Waals surface area contributed by atoms with Crippen molar-refractivity contribution in [2.75, 3.05) is 7.05 Å². The number of nitrogens with zero attached hydrogens (tertiary/aromatic N) is 2. The summed E-state index contributed by atoms with van der Waals surface area (Å²) >= 11 is 0. The number of hydrogen-bond acceptors (Lipinski definition) is 3. The molecule has 0 radical (unpaired) electrons. The molecule has 0 bridgehead atoms. The lowest BCUT2D eigenvalue weighted by molar-refractivity contribution is -0.112. The summed E-state index contributed by atoms with van der Waals surface area (Å²) in [5.74, 6) is -2.93. The molecular weight excluding hydrogens is 280 g/mol. The smallest absolute Gasteiger partial charge is 0.274 e. The normalized spacial score (nSPS) is 27.9. The second-order valence-corrected chi connectivity index (χ2v) is 6.09. The molecule has 116 valence electrons. The van der Waals surface area contributed by atoms with Crippen LogP contribution in [-0.4, -0.2) is 46.1 Å². The van der Waals surface area contributed by atoms with Crippen LogP contribution < -0.4 is 0 Å². The Morgan fingerprint density at radius 2 is 2.10 bits per heavy atom. The predicted octanol–water partition coefficient (Wildman–Crippen LogP) is 2.30. The highest BCUT2D eigenvalue weighted by atomic mass is 19.3. The van der Waals surface area contributed by atoms with E-state index in [9.17, 15) is 13.6 Å². The highest BCUT2D eigenvalue weighted by molar-refractivity contribution is 5.94. The first kappa shape index (κ1) is 14.4. The lowest BCUT2D eigenvalue weighted by atomic mass is 9.87. The minimum absolute atomic E-state index is 0.00925. The number of carbonyl (C=O) groups excluding carboxylic acids is 1. The van der Waals surface area contributed by atoms with E-state index >= 15 is 0 Å². The number of hydrogen-bond donors (Lipinski definition) is 1. The number of alkyl halides is 2. The first-order valence-electron chi connectivity index (χ1n) is 7.16. The summed E-state index contributed by atoms with van der Waals surface area (Å²) in [6.45, 7) is 3.84. The molecule has 1 N–H and O–H groups in total. The van der Waals surface area contributed by atoms with Gasteiger partial charge in [-0.2, -0.15) is 5.10 Å². The summed E-state index contributed by atoms with van der Waals surface area (Å²) in [6, 6.07) is -0.408. The predicted molar refractivity (Wildman–Crippen MR) is 71.3 cm³/mol. The minimum Gasteiger partial charge on any atom is -0.369 e. The van der Waals surface area contributed by atoms with Crippen molar-refractivity contribution in [3.8, 4) is 0 Å². The lowest BCUT2D eigenvalue weighted by Crippen LogP contribution is -2.51. The molecular formula is C14H19F2N3O2. The molecule has 1 aromatic rings. The molecule has 2 atom stereocenters. The summed E-state index contributed by atoms with van der Waals surface area (Å²) in [5.41, 5.74) is 2.00. The zero-order chi connectivity index (χ0) is 15.4. The second kappa shape index (κ2) is 4.76. The van der Waals surface area contributed by atoms with Gasteiger partial charge in [-0.3, -0.25) is 9.89 Å². The van der Waals surface area contributed by atoms with Crippen LogP contribution >= 0.6 is 0 Å². The molecule has 1 aromatic heterocycles. The van der Waals surface area contributed by atoms with Crippen molar-refractivity contribution in [3.63, 3.8) is 0 Å². The number of carbonyl (C=O) groups is 1. The van der Waals surface area contributed by atoms with Gasteiger partial charge in [-0.25, -0.2) is 8.78 Å². The van der Waals surface area contributed by atoms with Gasteiger partial charge < -0.3 is 9.64 Å². The van der Waals surface area contributed by atoms with Crippen LogP contribution in [0.4, 0.5) is 8.78 Å². The minimum atomic E-state index is -2.64. The molecule has 21 heavy (non-hydrogen) atoms. The zero-order valence-electron chi connectivity index (χ0n) is 12.3. The highest BCUT2D eigenvalue weighted by Crippen LogP contribution is 2.40. The van der Waals surface area contributed by atoms with Crippen LogP contribution in [0.3, 0.4) is 0 Å². The molecule has 5 nitrogen and oxygen atoms in total. The number of amides is 1. The van der Waals surface area contributed by atoms with Gasteiger partial charge in [0.1, 0.15) is 0 Å². The number of nitrogens with one attached hydrogen (secondary N) is 1. The standard InChI is InChI=1S/C14H19F2N3O2/c1-7-4-10-11(8(2)21-7)17-18-12(10)13(20)19(3)9-5-14(15,16)6-9/h7-9H,4-6H2,1-3H3,(H,17,18)/t7-,8+/m1/s1. The monoisotopic (exact) mass is 299 g/mol. The Hall–Kier alpha value is -1.50. The molecule has 1 amide bonds. The van der Waals surface area contributed by atoms with Gasteiger partial charge in [0, 0.05) is 37.9 Å². The molecule has 0 saturated heterocycles. The van der Waals surface area contributed by atoms with Crippen LogP contribution in [0.25, 0.3) is 0 Å². The summed E-state index contributed by atoms with van der Waals surface area (Å²) < 4.78 is 31.6. The van der Waals surface area contributed by atoms with Crippen molar-refractivity contribution < 1.29 is 18.3 Å². The Kier molecular flexibility index (Phi) is 3.27. The van der Waals surface area contributed by atoms with E-state index in [1.54, 1.807) is 7.05 Å². The van der Waals surface area contributed by atoms with E-state index in [0.29, 0.717) is 12.1 Å². The second-order valence-electron chi connectivity index (χ2n) is 6.09. The third kappa shape index (κ3) is 2.43. The fourth-order valence-electron chi connectivity index (χ4n) is 3.09. The van der Waals surface area contributed by atoms with E-state index in [1.807, 2.05) is 13.8 Å². The van der Waals surface area contributed by atoms with Crippen molar-refractivity contribution in [1.82, 2.24) is 15.1 Å². The molecule has 0 aromatic carbocycles. The molecule has 7 heteroatoms. The fourth-order valence-corrected chi connectivity index (χ4v) is 3.09. The Bertz CT molecular complexity index is 565. The Morgan fingerprint density at radius 3 is 2.71 bits per heavy atom. The van der Waals surface area contributed by atoms with Gasteiger partial charge in [0.05, 0.1) is 17.9 Å². The van der Waals surface area contributed by atoms with Gasteiger partial charge in [0.2, 0.25) is 0 Å². The number of aromatic nitrogens is 2. The highest BCUT2D eigenvalue weighted by Gasteiger charge is 2.48. The Labute approximate surface area is 121 Å². The maximum Gasteiger partial charge on any atom is 0.274 e. The Morgan fingerprint density at radius 1 is 1.43 bits per heavy atom. The molecule has 1 fully saturated rings. The molecule has 3 rings (SSSR count). The molecule has 2 heterocycles. The maximum absolute atomic E-state index is 13.0. The Balaban J connectivity index is 1.80. The summed E-state index contributed by atoms with van der Waals surface area (Å²) in [6.07, 6.45) is -0.0623. The van der Waals surface area contributed by atoms with Crippen LogP contribution in [0, 0.1) is 0 Å². The van der Waals surface area contributed by atoms with Crippen molar-refractivity contribution in [3.05, 3.63) is 17.0 Å². The van der Waals surface area contributed by atoms with E-state index < -0.39 is 12.0 Å². The topological polar surface area (TPSA) is 58.2 Å². The SMILES string of the molecule is C[C@@H]1Cc2c(C(=O)N(C)C3CC(F)(F)C3)n[nH]c2[C@H](C)O1. The molecule has 1 saturated carbocycles. The van der Waals surface area contributed by atoms with Gasteiger partial charge in [0.15, 0.2) is 5.69 Å². The van der Waals surface area contributed by atoms with Gasteiger partial charge in [-0.15, -0.1) is 0 Å². The van der Waals surface area contributed by atoms with Crippen molar-refractivity contribution >= 4 is 5.91 Å². The average Bonchev–Trinajstić information content (AvgIpc) is 2.78. The van der Waals surface area contributed by atoms with E-state index in [1.165, 1.54) is 4.90 Å². The van der Waals surface area contributed by atoms with Crippen LogP contribution in [0.2, 0.25) is 0 Å². The third-order valence-electron chi connectivity index (χ3n) is 4.37. The average molecular weight is 299 g/mol. The van der Waals surface area contributed by atoms with Crippen LogP contribution in [0.15, 0.2) is 0 Å². The van der Waals surface area contributed by atoms with E-state index in [0.717, 1.165) is 11.3 Å². The van der Waals surface area contributed by atoms with Gasteiger partial charge >= 0.3 is 0 Å². The van der Waals surface area contributed by atoms with Gasteiger partial charge in [-0.05, 0) is 13.8 Å². The molecule has 1 aliphatic carbocycles. The number of ether oxygens (including phenoxy) is 1. The number of H-pyrrole nitrogens is 1. The van der Waals surface area contributed by atoms with Crippen molar-refractivity contribution in [1.29, 1.82) is 0 Å². The molecule has 0 spiro atoms. The number of rotatable bonds is 2. The fraction of sp³-hybridized carbons (Fsp3) is 0.714. The zero-order valence-corrected chi connectivity index (χ0v) is 12.3. The first-order chi connectivity index (χ1) is 9.78. The van der Waals surface area contributed by atoms with Gasteiger partial charge in [0.25, 0.3) is 11.8 Å². The van der Waals surface area contributed by atoms with Crippen LogP contribution in [-0.2, 0) is 11.2 Å². The molecule has 1 aliphatic heterocycles. The molecule has 0 unspecified atom stereocenters. The third-order valence-corrected chi connectivity index (χ3v) is 4.37. The van der Waals surface area contributed by atoms with Gasteiger partial charge in [-0.1, -0.05) is 0 Å².